The summed E-state index contributed by atoms with van der Waals surface area (Å²) in [5, 5.41) is 6.58. The quantitative estimate of drug-likeness (QED) is 0.882. The molecule has 1 amide bonds. The zero-order valence-corrected chi connectivity index (χ0v) is 9.75. The van der Waals surface area contributed by atoms with Crippen LogP contribution in [0.15, 0.2) is 35.2 Å². The number of hydrogen-bond acceptors (Lipinski definition) is 3. The van der Waals surface area contributed by atoms with Crippen molar-refractivity contribution in [2.75, 3.05) is 0 Å². The van der Waals surface area contributed by atoms with Gasteiger partial charge in [0.1, 0.15) is 0 Å². The molecule has 0 radical (unpaired) electrons. The molecule has 0 aromatic carbocycles. The fourth-order valence-corrected chi connectivity index (χ4v) is 1.92. The summed E-state index contributed by atoms with van der Waals surface area (Å²) in [5.74, 6) is -0.0400. The average molecular weight is 232 g/mol. The molecule has 2 aromatic rings. The van der Waals surface area contributed by atoms with E-state index < -0.39 is 0 Å². The topological polar surface area (TPSA) is 42.0 Å². The van der Waals surface area contributed by atoms with Crippen molar-refractivity contribution in [2.24, 2.45) is 0 Å². The molecule has 16 heavy (non-hydrogen) atoms. The van der Waals surface area contributed by atoms with Gasteiger partial charge >= 0.3 is 0 Å². The molecule has 1 N–H and O–H groups in total. The highest BCUT2D eigenvalue weighted by molar-refractivity contribution is 7.08. The monoisotopic (exact) mass is 232 g/mol. The van der Waals surface area contributed by atoms with Crippen LogP contribution in [0, 0.1) is 6.92 Å². The summed E-state index contributed by atoms with van der Waals surface area (Å²) in [5.41, 5.74) is 2.70. The summed E-state index contributed by atoms with van der Waals surface area (Å²) in [7, 11) is 0. The summed E-state index contributed by atoms with van der Waals surface area (Å²) < 4.78 is 0. The lowest BCUT2D eigenvalue weighted by Gasteiger charge is -2.03. The zero-order chi connectivity index (χ0) is 11.4. The highest BCUT2D eigenvalue weighted by atomic mass is 32.1. The third kappa shape index (κ3) is 2.67. The molecule has 4 heteroatoms. The van der Waals surface area contributed by atoms with Gasteiger partial charge in [-0.15, -0.1) is 0 Å². The Kier molecular flexibility index (Phi) is 3.31. The van der Waals surface area contributed by atoms with Crippen LogP contribution in [0.4, 0.5) is 0 Å². The highest BCUT2D eigenvalue weighted by Gasteiger charge is 2.04. The molecule has 2 aromatic heterocycles. The average Bonchev–Trinajstić information content (AvgIpc) is 2.81. The number of hydrogen-bond donors (Lipinski definition) is 1. The Balaban J connectivity index is 1.93. The van der Waals surface area contributed by atoms with E-state index in [2.05, 4.69) is 10.3 Å². The second kappa shape index (κ2) is 4.90. The molecule has 0 bridgehead atoms. The highest BCUT2D eigenvalue weighted by Crippen LogP contribution is 2.06. The molecular formula is C12H12N2OS. The van der Waals surface area contributed by atoms with Crippen LogP contribution in [0.5, 0.6) is 0 Å². The number of nitrogens with zero attached hydrogens (tertiary/aromatic N) is 1. The Morgan fingerprint density at radius 3 is 2.94 bits per heavy atom. The van der Waals surface area contributed by atoms with Crippen molar-refractivity contribution in [3.63, 3.8) is 0 Å². The number of carbonyl (C=O) groups excluding carboxylic acids is 1. The van der Waals surface area contributed by atoms with E-state index in [1.807, 2.05) is 35.9 Å². The van der Waals surface area contributed by atoms with Crippen LogP contribution in [-0.2, 0) is 6.54 Å². The molecule has 0 spiro atoms. The molecule has 0 saturated heterocycles. The van der Waals surface area contributed by atoms with Crippen molar-refractivity contribution in [1.29, 1.82) is 0 Å². The van der Waals surface area contributed by atoms with Gasteiger partial charge in [0.25, 0.3) is 5.91 Å². The maximum Gasteiger partial charge on any atom is 0.252 e. The van der Waals surface area contributed by atoms with E-state index in [1.54, 1.807) is 6.20 Å². The molecule has 0 aliphatic carbocycles. The second-order valence-electron chi connectivity index (χ2n) is 3.50. The predicted octanol–water partition coefficient (Wildman–Crippen LogP) is 2.38. The van der Waals surface area contributed by atoms with Crippen LogP contribution >= 0.6 is 11.3 Å². The molecule has 0 unspecified atom stereocenters. The number of thiophene rings is 1. The lowest BCUT2D eigenvalue weighted by molar-refractivity contribution is 0.0951. The zero-order valence-electron chi connectivity index (χ0n) is 8.93. The molecule has 0 saturated carbocycles. The van der Waals surface area contributed by atoms with Crippen LogP contribution in [-0.4, -0.2) is 10.9 Å². The summed E-state index contributed by atoms with van der Waals surface area (Å²) in [6.45, 7) is 2.45. The maximum absolute atomic E-state index is 11.6. The van der Waals surface area contributed by atoms with E-state index in [0.29, 0.717) is 12.1 Å². The molecular weight excluding hydrogens is 220 g/mol. The third-order valence-corrected chi connectivity index (χ3v) is 2.89. The maximum atomic E-state index is 11.6. The number of amides is 1. The third-order valence-electron chi connectivity index (χ3n) is 2.21. The molecule has 0 atom stereocenters. The van der Waals surface area contributed by atoms with Gasteiger partial charge in [-0.1, -0.05) is 6.07 Å². The normalized spacial score (nSPS) is 10.1. The SMILES string of the molecule is Cc1ccc(CNC(=O)c2ccsc2)cn1. The van der Waals surface area contributed by atoms with Gasteiger partial charge in [0, 0.05) is 29.4 Å². The minimum atomic E-state index is -0.0400. The van der Waals surface area contributed by atoms with Crippen molar-refractivity contribution in [3.8, 4) is 0 Å². The van der Waals surface area contributed by atoms with Gasteiger partial charge in [-0.2, -0.15) is 11.3 Å². The minimum absolute atomic E-state index is 0.0400. The number of aryl methyl sites for hydroxylation is 1. The van der Waals surface area contributed by atoms with Crippen LogP contribution in [0.25, 0.3) is 0 Å². The number of pyridine rings is 1. The predicted molar refractivity (Wildman–Crippen MR) is 64.5 cm³/mol. The summed E-state index contributed by atoms with van der Waals surface area (Å²) in [6.07, 6.45) is 1.78. The minimum Gasteiger partial charge on any atom is -0.348 e. The summed E-state index contributed by atoms with van der Waals surface area (Å²) >= 11 is 1.52. The molecule has 0 aliphatic heterocycles. The molecule has 0 aliphatic rings. The van der Waals surface area contributed by atoms with E-state index in [4.69, 9.17) is 0 Å². The van der Waals surface area contributed by atoms with Gasteiger partial charge in [0.15, 0.2) is 0 Å². The Morgan fingerprint density at radius 2 is 2.31 bits per heavy atom. The molecule has 2 heterocycles. The van der Waals surface area contributed by atoms with E-state index in [-0.39, 0.29) is 5.91 Å². The van der Waals surface area contributed by atoms with Crippen LogP contribution in [0.2, 0.25) is 0 Å². The lowest BCUT2D eigenvalue weighted by Crippen LogP contribution is -2.22. The van der Waals surface area contributed by atoms with Crippen molar-refractivity contribution in [2.45, 2.75) is 13.5 Å². The number of rotatable bonds is 3. The Morgan fingerprint density at radius 1 is 1.44 bits per heavy atom. The van der Waals surface area contributed by atoms with Gasteiger partial charge in [-0.25, -0.2) is 0 Å². The lowest BCUT2D eigenvalue weighted by atomic mass is 10.2. The van der Waals surface area contributed by atoms with Gasteiger partial charge in [-0.3, -0.25) is 9.78 Å². The van der Waals surface area contributed by atoms with E-state index in [9.17, 15) is 4.79 Å². The summed E-state index contributed by atoms with van der Waals surface area (Å²) in [4.78, 5) is 15.8. The van der Waals surface area contributed by atoms with Gasteiger partial charge in [0.05, 0.1) is 0 Å². The first kappa shape index (κ1) is 10.8. The van der Waals surface area contributed by atoms with Gasteiger partial charge in [0.2, 0.25) is 0 Å². The number of nitrogens with one attached hydrogen (secondary N) is 1. The Hall–Kier alpha value is -1.68. The number of carbonyl (C=O) groups is 1. The Labute approximate surface area is 98.2 Å². The van der Waals surface area contributed by atoms with Gasteiger partial charge in [-0.05, 0) is 30.0 Å². The first-order valence-corrected chi connectivity index (χ1v) is 5.92. The molecule has 82 valence electrons. The first-order chi connectivity index (χ1) is 7.75. The van der Waals surface area contributed by atoms with Crippen LogP contribution in [0.3, 0.4) is 0 Å². The van der Waals surface area contributed by atoms with E-state index >= 15 is 0 Å². The fourth-order valence-electron chi connectivity index (χ4n) is 1.28. The van der Waals surface area contributed by atoms with Crippen molar-refractivity contribution < 1.29 is 4.79 Å². The molecule has 2 rings (SSSR count). The standard InChI is InChI=1S/C12H12N2OS/c1-9-2-3-10(6-13-9)7-14-12(15)11-4-5-16-8-11/h2-6,8H,7H2,1H3,(H,14,15). The first-order valence-electron chi connectivity index (χ1n) is 4.97. The van der Waals surface area contributed by atoms with E-state index in [0.717, 1.165) is 11.3 Å². The van der Waals surface area contributed by atoms with Crippen molar-refractivity contribution in [3.05, 3.63) is 52.0 Å². The largest absolute Gasteiger partial charge is 0.348 e. The summed E-state index contributed by atoms with van der Waals surface area (Å²) in [6, 6.07) is 5.72. The smallest absolute Gasteiger partial charge is 0.252 e. The Bertz CT molecular complexity index is 462. The second-order valence-corrected chi connectivity index (χ2v) is 4.28. The fraction of sp³-hybridized carbons (Fsp3) is 0.167. The van der Waals surface area contributed by atoms with E-state index in [1.165, 1.54) is 11.3 Å². The van der Waals surface area contributed by atoms with Crippen molar-refractivity contribution >= 4 is 17.2 Å². The van der Waals surface area contributed by atoms with Crippen LogP contribution < -0.4 is 5.32 Å². The molecule has 0 fully saturated rings. The van der Waals surface area contributed by atoms with Crippen LogP contribution in [0.1, 0.15) is 21.6 Å². The van der Waals surface area contributed by atoms with Crippen molar-refractivity contribution in [1.82, 2.24) is 10.3 Å². The van der Waals surface area contributed by atoms with Gasteiger partial charge < -0.3 is 5.32 Å². The molecule has 3 nitrogen and oxygen atoms in total. The number of aromatic nitrogens is 1.